The second-order valence-corrected chi connectivity index (χ2v) is 36.7. The number of hydrogen-bond donors (Lipinski definition) is 8. The molecule has 9 heterocycles. The van der Waals surface area contributed by atoms with E-state index < -0.39 is 18.2 Å². The first-order valence-electron chi connectivity index (χ1n) is 46.7. The van der Waals surface area contributed by atoms with Crippen LogP contribution in [-0.4, -0.2) is 283 Å². The summed E-state index contributed by atoms with van der Waals surface area (Å²) in [5.74, 6) is -3.51. The fourth-order valence-corrected chi connectivity index (χ4v) is 22.0. The van der Waals surface area contributed by atoms with E-state index in [1.165, 1.54) is 82.9 Å². The number of rotatable bonds is 16. The number of hydrogen-bond acceptors (Lipinski definition) is 30. The number of pyridine rings is 2. The molecule has 34 nitrogen and oxygen atoms in total. The van der Waals surface area contributed by atoms with Gasteiger partial charge in [0.15, 0.2) is 12.4 Å². The Hall–Kier alpha value is -13.6. The van der Waals surface area contributed by atoms with Crippen molar-refractivity contribution in [1.82, 2.24) is 28.7 Å². The number of fused-ring (bicyclic) bond motifs is 9. The molecule has 0 aromatic carbocycles. The lowest BCUT2D eigenvalue weighted by Gasteiger charge is -2.46. The van der Waals surface area contributed by atoms with Crippen LogP contribution in [0.4, 0.5) is 0 Å². The Bertz CT molecular complexity index is 6090. The second-order valence-electron chi connectivity index (χ2n) is 36.7. The lowest BCUT2D eigenvalue weighted by atomic mass is 9.69. The molecular formula is C108H137N9O25+4. The first kappa shape index (κ1) is 109. The van der Waals surface area contributed by atoms with Crippen molar-refractivity contribution >= 4 is 59.9 Å². The molecule has 0 saturated carbocycles. The van der Waals surface area contributed by atoms with Gasteiger partial charge in [-0.25, -0.2) is 47.7 Å². The van der Waals surface area contributed by atoms with Gasteiger partial charge in [0, 0.05) is 192 Å². The molecule has 9 N–H and O–H groups in total. The zero-order valence-electron chi connectivity index (χ0n) is 86.6. The number of nitrogens with one attached hydrogen (secondary N) is 1. The predicted octanol–water partition coefficient (Wildman–Crippen LogP) is 8.12. The number of methoxy groups -OCH3 is 9. The first-order chi connectivity index (χ1) is 67.9. The van der Waals surface area contributed by atoms with Gasteiger partial charge in [-0.15, -0.1) is 0 Å². The molecule has 0 spiro atoms. The van der Waals surface area contributed by atoms with Gasteiger partial charge in [-0.3, -0.25) is 4.90 Å². The largest absolute Gasteiger partial charge is 1.00 e. The van der Waals surface area contributed by atoms with Gasteiger partial charge in [0.1, 0.15) is 25.0 Å². The van der Waals surface area contributed by atoms with Gasteiger partial charge in [-0.05, 0) is 132 Å². The summed E-state index contributed by atoms with van der Waals surface area (Å²) in [6.45, 7) is 9.90. The average Bonchev–Trinajstić information content (AvgIpc) is 1.57. The number of carbonyl (C=O) groups excluding carboxylic acids is 9. The van der Waals surface area contributed by atoms with Crippen LogP contribution in [0.3, 0.4) is 0 Å². The minimum absolute atomic E-state index is 0. The van der Waals surface area contributed by atoms with Crippen molar-refractivity contribution in [3.8, 4) is 22.3 Å². The van der Waals surface area contributed by atoms with Crippen molar-refractivity contribution in [3.05, 3.63) is 283 Å². The van der Waals surface area contributed by atoms with E-state index in [0.717, 1.165) is 101 Å². The first-order valence-corrected chi connectivity index (χ1v) is 46.7. The van der Waals surface area contributed by atoms with Gasteiger partial charge < -0.3 is 112 Å². The van der Waals surface area contributed by atoms with Crippen molar-refractivity contribution in [2.75, 3.05) is 146 Å². The molecule has 9 aliphatic heterocycles. The summed E-state index contributed by atoms with van der Waals surface area (Å²) in [7, 11) is 29.3. The molecule has 0 radical (unpaired) electrons. The van der Waals surface area contributed by atoms with E-state index in [1.54, 1.807) is 31.0 Å². The smallest absolute Gasteiger partial charge is 0.472 e. The van der Waals surface area contributed by atoms with Crippen LogP contribution in [0.25, 0.3) is 22.3 Å². The Kier molecular flexibility index (Phi) is 36.6. The summed E-state index contributed by atoms with van der Waals surface area (Å²) in [6.07, 6.45) is 46.6. The monoisotopic (exact) mass is 1960 g/mol. The van der Waals surface area contributed by atoms with E-state index in [-0.39, 0.29) is 161 Å². The Morgan fingerprint density at radius 1 is 0.493 bits per heavy atom. The number of ether oxygens (including phenoxy) is 10. The number of aryl methyl sites for hydroxylation is 4. The maximum atomic E-state index is 12.7. The molecule has 18 aliphatic rings. The second kappa shape index (κ2) is 47.8. The van der Waals surface area contributed by atoms with Crippen molar-refractivity contribution in [2.24, 2.45) is 90.8 Å². The number of aliphatic hydroxyl groups is 6. The van der Waals surface area contributed by atoms with Crippen molar-refractivity contribution in [1.29, 1.82) is 0 Å². The molecule has 9 aliphatic carbocycles. The van der Waals surface area contributed by atoms with Crippen molar-refractivity contribution in [2.45, 2.75) is 71.2 Å². The standard InChI is InChI=1S/C24H30N2O5.C24H28N2O5.C12H16NO3.C12H15NO3.2C12H13NO2.C11H14O5.CH5N/c2*1-13-8-16(21-17(13)9-25(2)10-19(21)24(29)31-5)22-20-14(12-27)6-7-15(20)18(11-26(22)3)23(28)30-4;2*1-13-5-10-8(7-14)3-4-9(10)11(6-13)12(15)16-2;2*1-8-4-5-9-10(8)6-13(2)7-11(9)12(14)15-3;1-15-10(13)8-5-16-11(14)9-6(4-12)2-3-7(8)9;1-2/h6,8-11,15-16,20-22,27H,7,12H2,1-5H3;6,8-11,15,20,22,27H,7,12H2,1-5H3;3,5-6,9-10,14H,4,7H2,1-2H3;3,5-6,9,14H,4,7H2,1-2H3;4-7H,1-3H3;4-7,9H,1H2,2-3H3;2,5,7,9,11-12,14H,3-4H2,1H3;2H2,1H3/q;;+1;;;;;/p+3/t15-,16?,20-,21?,22?;15-,20-,22+;9-,10+;9-;;9-;7-,9-,11-;/m1100.01./s1. The van der Waals surface area contributed by atoms with Gasteiger partial charge >= 0.3 is 56.6 Å². The number of esters is 9. The highest BCUT2D eigenvalue weighted by molar-refractivity contribution is 6.01. The Labute approximate surface area is 831 Å². The number of allylic oxidation sites excluding steroid dienone is 11. The minimum Gasteiger partial charge on any atom is -0.472 e. The highest BCUT2D eigenvalue weighted by Crippen LogP contribution is 2.56. The lowest BCUT2D eigenvalue weighted by Crippen LogP contribution is -3.00. The molecule has 0 bridgehead atoms. The molecule has 18 rings (SSSR count). The molecule has 0 saturated heterocycles. The number of nitrogens with zero attached hydrogens (tertiary/aromatic N) is 7. The number of quaternary nitrogens is 1. The summed E-state index contributed by atoms with van der Waals surface area (Å²) < 4.78 is 54.6. The molecule has 4 unspecified atom stereocenters. The van der Waals surface area contributed by atoms with E-state index in [4.69, 9.17) is 47.7 Å². The summed E-state index contributed by atoms with van der Waals surface area (Å²) in [4.78, 5) is 117. The molecule has 0 aromatic heterocycles. The normalized spacial score (nSPS) is 25.4. The fourth-order valence-electron chi connectivity index (χ4n) is 22.0. The molecular weight excluding hydrogens is 1820 g/mol. The van der Waals surface area contributed by atoms with Crippen LogP contribution < -0.4 is 10.6 Å². The van der Waals surface area contributed by atoms with E-state index in [9.17, 15) is 68.7 Å². The van der Waals surface area contributed by atoms with E-state index in [1.807, 2.05) is 197 Å². The minimum atomic E-state index is -1.00. The summed E-state index contributed by atoms with van der Waals surface area (Å²) in [6, 6.07) is 5.91. The highest BCUT2D eigenvalue weighted by atomic mass is 16.6. The van der Waals surface area contributed by atoms with Gasteiger partial charge in [0.05, 0.1) is 173 Å². The Morgan fingerprint density at radius 2 is 0.972 bits per heavy atom. The average molecular weight is 1960 g/mol. The van der Waals surface area contributed by atoms with Gasteiger partial charge in [-0.1, -0.05) is 73.4 Å². The molecule has 0 amide bonds. The van der Waals surface area contributed by atoms with E-state index >= 15 is 0 Å². The van der Waals surface area contributed by atoms with E-state index in [2.05, 4.69) is 53.3 Å². The topological polar surface area (TPSA) is 424 Å². The fraction of sp³-hybridized carbons (Fsp3) is 0.426. The van der Waals surface area contributed by atoms with Crippen molar-refractivity contribution < 1.29 is 133 Å². The van der Waals surface area contributed by atoms with Crippen LogP contribution in [0.5, 0.6) is 0 Å². The van der Waals surface area contributed by atoms with Gasteiger partial charge in [-0.2, -0.15) is 0 Å². The Morgan fingerprint density at radius 3 is 1.55 bits per heavy atom. The zero-order valence-corrected chi connectivity index (χ0v) is 84.6. The van der Waals surface area contributed by atoms with Crippen LogP contribution in [0, 0.1) is 84.9 Å². The number of carbonyl (C=O) groups is 9. The van der Waals surface area contributed by atoms with E-state index in [0.29, 0.717) is 75.0 Å². The number of aliphatic hydroxyl groups excluding tert-OH is 6. The molecule has 0 fully saturated rings. The predicted molar refractivity (Wildman–Crippen MR) is 530 cm³/mol. The molecule has 34 heteroatoms. The van der Waals surface area contributed by atoms with Crippen molar-refractivity contribution in [3.63, 3.8) is 0 Å². The van der Waals surface area contributed by atoms with Crippen LogP contribution in [0.15, 0.2) is 255 Å². The Balaban J connectivity index is 0.000000191. The number of nitrogens with two attached hydrogens (primary N) is 1. The van der Waals surface area contributed by atoms with Crippen LogP contribution in [0.1, 0.15) is 85.3 Å². The third kappa shape index (κ3) is 22.3. The van der Waals surface area contributed by atoms with Crippen LogP contribution >= 0.6 is 0 Å². The summed E-state index contributed by atoms with van der Waals surface area (Å²) in [5, 5.41) is 57.4. The quantitative estimate of drug-likeness (QED) is 0.0227. The SMILES string of the molecule is C=C1C=C[C@H]2C1=CN(C)C=C2C(=O)OC.CN.COC(=O)C1=CN(C)C=C2C(CO)=CC[C@H]12.COC(=O)C1=CN(C)[C@@H](c2cc(C)c3cn(C)cc(C(=O)OC)c2-3)[C@@H]2C(CO)=CC[C@H]12.COC(=O)C1=CO[C@@H](O)[C@@H]2C(CO)=CC[C@H]12.COC(=O)C1=C[N+](C)=C[C@@H]2C(CO)=CC[C@H]12.COC(=O)C1=C[NH+](C)C=C2C(C)=CC(C3[C@@H]4C(CO)=CC[C@@H]4C(C(=O)OC)=CN3C)C12.COC(=O)c1cn(C)cc2c(C)ccc1-2.[H+].[H+]. The molecule has 760 valence electrons. The molecule has 0 aromatic rings. The maximum absolute atomic E-state index is 12.7. The third-order valence-electron chi connectivity index (χ3n) is 28.4. The van der Waals surface area contributed by atoms with Crippen LogP contribution in [0.2, 0.25) is 0 Å². The lowest BCUT2D eigenvalue weighted by molar-refractivity contribution is -0.768. The zero-order chi connectivity index (χ0) is 104. The molecule has 142 heavy (non-hydrogen) atoms. The van der Waals surface area contributed by atoms with Gasteiger partial charge in [0.25, 0.3) is 0 Å². The summed E-state index contributed by atoms with van der Waals surface area (Å²) in [5.41, 5.74) is 26.9. The van der Waals surface area contributed by atoms with Gasteiger partial charge in [0.2, 0.25) is 6.29 Å². The molecule has 16 atom stereocenters. The number of aromatic nitrogens is 2. The maximum Gasteiger partial charge on any atom is 1.00 e. The summed E-state index contributed by atoms with van der Waals surface area (Å²) >= 11 is 0. The van der Waals surface area contributed by atoms with Crippen LogP contribution in [-0.2, 0) is 95.0 Å². The third-order valence-corrected chi connectivity index (χ3v) is 28.4. The highest BCUT2D eigenvalue weighted by Gasteiger charge is 2.54.